The number of nitrogens with zero attached hydrogens (tertiary/aromatic N) is 3. The number of aryl methyl sites for hydroxylation is 1. The maximum Gasteiger partial charge on any atom is 0.251 e. The predicted molar refractivity (Wildman–Crippen MR) is 95.2 cm³/mol. The van der Waals surface area contributed by atoms with Crippen LogP contribution in [0.25, 0.3) is 0 Å². The molecule has 2 amide bonds. The number of rotatable bonds is 4. The van der Waals surface area contributed by atoms with E-state index in [0.29, 0.717) is 24.4 Å². The molecule has 4 rings (SSSR count). The van der Waals surface area contributed by atoms with Crippen LogP contribution in [-0.2, 0) is 4.79 Å². The second kappa shape index (κ2) is 6.90. The molecule has 1 aromatic carbocycles. The molecule has 7 heteroatoms. The molecule has 1 aliphatic heterocycles. The monoisotopic (exact) mass is 353 g/mol. The third kappa shape index (κ3) is 3.21. The van der Waals surface area contributed by atoms with Crippen LogP contribution in [0, 0.1) is 12.8 Å². The molecule has 2 N–H and O–H groups in total. The zero-order chi connectivity index (χ0) is 18.1. The third-order valence-electron chi connectivity index (χ3n) is 5.32. The van der Waals surface area contributed by atoms with E-state index in [1.54, 1.807) is 12.1 Å². The Morgan fingerprint density at radius 3 is 2.62 bits per heavy atom. The lowest BCUT2D eigenvalue weighted by Crippen LogP contribution is -2.42. The van der Waals surface area contributed by atoms with Crippen LogP contribution in [0.4, 0.5) is 0 Å². The summed E-state index contributed by atoms with van der Waals surface area (Å²) >= 11 is 0. The van der Waals surface area contributed by atoms with Gasteiger partial charge < -0.3 is 10.2 Å². The minimum absolute atomic E-state index is 0.101. The van der Waals surface area contributed by atoms with Crippen molar-refractivity contribution in [1.29, 1.82) is 0 Å². The number of aromatic amines is 1. The van der Waals surface area contributed by atoms with Gasteiger partial charge in [0.2, 0.25) is 5.91 Å². The van der Waals surface area contributed by atoms with Gasteiger partial charge in [-0.15, -0.1) is 0 Å². The molecular weight excluding hydrogens is 330 g/mol. The normalized spacial score (nSPS) is 22.9. The van der Waals surface area contributed by atoms with E-state index in [2.05, 4.69) is 20.5 Å². The number of amides is 2. The molecule has 2 aromatic rings. The molecule has 136 valence electrons. The first-order chi connectivity index (χ1) is 12.6. The lowest BCUT2D eigenvalue weighted by molar-refractivity contribution is -0.139. The fourth-order valence-corrected chi connectivity index (χ4v) is 3.69. The van der Waals surface area contributed by atoms with Gasteiger partial charge in [-0.1, -0.05) is 24.6 Å². The average molecular weight is 353 g/mol. The van der Waals surface area contributed by atoms with E-state index in [-0.39, 0.29) is 29.8 Å². The fraction of sp³-hybridized carbons (Fsp3) is 0.474. The van der Waals surface area contributed by atoms with E-state index in [1.165, 1.54) is 0 Å². The minimum Gasteiger partial charge on any atom is -0.347 e. The van der Waals surface area contributed by atoms with E-state index in [0.717, 1.165) is 25.1 Å². The van der Waals surface area contributed by atoms with Gasteiger partial charge in [0, 0.05) is 24.1 Å². The van der Waals surface area contributed by atoms with E-state index >= 15 is 0 Å². The summed E-state index contributed by atoms with van der Waals surface area (Å²) in [6.07, 6.45) is 3.66. The minimum atomic E-state index is -0.186. The Morgan fingerprint density at radius 1 is 1.23 bits per heavy atom. The number of aromatic nitrogens is 3. The van der Waals surface area contributed by atoms with Gasteiger partial charge in [0.05, 0.1) is 6.04 Å². The number of carbonyl (C=O) groups is 2. The molecule has 1 saturated heterocycles. The van der Waals surface area contributed by atoms with Crippen LogP contribution < -0.4 is 5.32 Å². The second-order valence-corrected chi connectivity index (χ2v) is 7.19. The molecule has 2 fully saturated rings. The van der Waals surface area contributed by atoms with Crippen molar-refractivity contribution in [3.63, 3.8) is 0 Å². The van der Waals surface area contributed by atoms with Crippen molar-refractivity contribution < 1.29 is 9.59 Å². The number of hydrogen-bond acceptors (Lipinski definition) is 4. The topological polar surface area (TPSA) is 91.0 Å². The van der Waals surface area contributed by atoms with E-state index < -0.39 is 0 Å². The van der Waals surface area contributed by atoms with Crippen LogP contribution >= 0.6 is 0 Å². The number of nitrogens with one attached hydrogen (secondary N) is 2. The molecule has 0 bridgehead atoms. The van der Waals surface area contributed by atoms with Crippen LogP contribution in [0.5, 0.6) is 0 Å². The third-order valence-corrected chi connectivity index (χ3v) is 5.32. The lowest BCUT2D eigenvalue weighted by Gasteiger charge is -2.31. The fourth-order valence-electron chi connectivity index (χ4n) is 3.69. The summed E-state index contributed by atoms with van der Waals surface area (Å²) < 4.78 is 0. The molecule has 2 aliphatic rings. The van der Waals surface area contributed by atoms with E-state index in [9.17, 15) is 9.59 Å². The van der Waals surface area contributed by atoms with Crippen molar-refractivity contribution in [2.24, 2.45) is 5.92 Å². The molecule has 7 nitrogen and oxygen atoms in total. The SMILES string of the molecule is Cc1nc([C@@H]2C[C@H](NC(=O)c3ccccc3)CN2C(=O)C2CCC2)n[nH]1. The highest BCUT2D eigenvalue weighted by Gasteiger charge is 2.42. The molecule has 1 aromatic heterocycles. The zero-order valence-corrected chi connectivity index (χ0v) is 14.8. The van der Waals surface area contributed by atoms with Crippen molar-refractivity contribution in [1.82, 2.24) is 25.4 Å². The van der Waals surface area contributed by atoms with Crippen LogP contribution in [0.15, 0.2) is 30.3 Å². The van der Waals surface area contributed by atoms with Crippen molar-refractivity contribution >= 4 is 11.8 Å². The summed E-state index contributed by atoms with van der Waals surface area (Å²) in [5.41, 5.74) is 0.626. The number of likely N-dealkylation sites (tertiary alicyclic amines) is 1. The lowest BCUT2D eigenvalue weighted by atomic mass is 9.84. The predicted octanol–water partition coefficient (Wildman–Crippen LogP) is 1.99. The maximum absolute atomic E-state index is 12.9. The van der Waals surface area contributed by atoms with Gasteiger partial charge in [0.1, 0.15) is 5.82 Å². The van der Waals surface area contributed by atoms with Crippen molar-refractivity contribution in [3.05, 3.63) is 47.5 Å². The van der Waals surface area contributed by atoms with Gasteiger partial charge in [-0.05, 0) is 38.3 Å². The van der Waals surface area contributed by atoms with Gasteiger partial charge in [0.25, 0.3) is 5.91 Å². The molecular formula is C19H23N5O2. The summed E-state index contributed by atoms with van der Waals surface area (Å²) in [5, 5.41) is 10.2. The van der Waals surface area contributed by atoms with Crippen LogP contribution in [0.1, 0.15) is 53.7 Å². The first-order valence-corrected chi connectivity index (χ1v) is 9.17. The van der Waals surface area contributed by atoms with Crippen LogP contribution in [0.3, 0.4) is 0 Å². The van der Waals surface area contributed by atoms with Crippen molar-refractivity contribution in [2.75, 3.05) is 6.54 Å². The van der Waals surface area contributed by atoms with E-state index in [4.69, 9.17) is 0 Å². The Labute approximate surface area is 152 Å². The molecule has 2 heterocycles. The number of carbonyl (C=O) groups excluding carboxylic acids is 2. The smallest absolute Gasteiger partial charge is 0.251 e. The van der Waals surface area contributed by atoms with Crippen molar-refractivity contribution in [2.45, 2.75) is 44.7 Å². The molecule has 2 atom stereocenters. The Kier molecular flexibility index (Phi) is 4.44. The van der Waals surface area contributed by atoms with Crippen LogP contribution in [0.2, 0.25) is 0 Å². The highest BCUT2D eigenvalue weighted by molar-refractivity contribution is 5.94. The standard InChI is InChI=1S/C19H23N5O2/c1-12-20-17(23-22-12)16-10-15(11-24(16)19(26)14-8-5-9-14)21-18(25)13-6-3-2-4-7-13/h2-4,6-7,14-16H,5,8-11H2,1H3,(H,21,25)(H,20,22,23)/t15-,16-/m0/s1. The van der Waals surface area contributed by atoms with Gasteiger partial charge in [-0.3, -0.25) is 14.7 Å². The van der Waals surface area contributed by atoms with Gasteiger partial charge in [-0.25, -0.2) is 4.98 Å². The number of H-pyrrole nitrogens is 1. The zero-order valence-electron chi connectivity index (χ0n) is 14.8. The van der Waals surface area contributed by atoms with Crippen molar-refractivity contribution in [3.8, 4) is 0 Å². The van der Waals surface area contributed by atoms with Gasteiger partial charge in [0.15, 0.2) is 5.82 Å². The first kappa shape index (κ1) is 16.8. The molecule has 0 unspecified atom stereocenters. The number of hydrogen-bond donors (Lipinski definition) is 2. The molecule has 26 heavy (non-hydrogen) atoms. The Bertz CT molecular complexity index is 799. The van der Waals surface area contributed by atoms with Gasteiger partial charge >= 0.3 is 0 Å². The summed E-state index contributed by atoms with van der Waals surface area (Å²) in [6.45, 7) is 2.35. The average Bonchev–Trinajstić information content (AvgIpc) is 3.20. The summed E-state index contributed by atoms with van der Waals surface area (Å²) in [4.78, 5) is 31.6. The molecule has 1 aliphatic carbocycles. The van der Waals surface area contributed by atoms with Gasteiger partial charge in [-0.2, -0.15) is 5.10 Å². The highest BCUT2D eigenvalue weighted by Crippen LogP contribution is 2.36. The molecule has 1 saturated carbocycles. The second-order valence-electron chi connectivity index (χ2n) is 7.19. The molecule has 0 radical (unpaired) electrons. The maximum atomic E-state index is 12.9. The van der Waals surface area contributed by atoms with E-state index in [1.807, 2.05) is 30.0 Å². The Hall–Kier alpha value is -2.70. The quantitative estimate of drug-likeness (QED) is 0.879. The Balaban J connectivity index is 1.51. The summed E-state index contributed by atoms with van der Waals surface area (Å²) in [7, 11) is 0. The Morgan fingerprint density at radius 2 is 2.00 bits per heavy atom. The number of benzene rings is 1. The first-order valence-electron chi connectivity index (χ1n) is 9.17. The molecule has 0 spiro atoms. The van der Waals surface area contributed by atoms with Crippen LogP contribution in [-0.4, -0.2) is 44.5 Å². The summed E-state index contributed by atoms with van der Waals surface area (Å²) in [5.74, 6) is 1.53. The summed E-state index contributed by atoms with van der Waals surface area (Å²) in [6, 6.07) is 8.86. The largest absolute Gasteiger partial charge is 0.347 e. The highest BCUT2D eigenvalue weighted by atomic mass is 16.2.